The molecule has 5 heteroatoms. The molecule has 2 aromatic rings. The summed E-state index contributed by atoms with van der Waals surface area (Å²) in [6, 6.07) is 6.63. The van der Waals surface area contributed by atoms with E-state index in [1.807, 2.05) is 0 Å². The van der Waals surface area contributed by atoms with Gasteiger partial charge < -0.3 is 4.74 Å². The number of methoxy groups -OCH3 is 1. The van der Waals surface area contributed by atoms with Gasteiger partial charge in [0.1, 0.15) is 10.4 Å². The predicted molar refractivity (Wildman–Crippen MR) is 57.8 cm³/mol. The number of benzene rings is 1. The van der Waals surface area contributed by atoms with Crippen molar-refractivity contribution < 1.29 is 9.13 Å². The van der Waals surface area contributed by atoms with E-state index in [1.54, 1.807) is 22.9 Å². The first kappa shape index (κ1) is 10.2. The van der Waals surface area contributed by atoms with Gasteiger partial charge in [-0.15, -0.1) is 0 Å². The summed E-state index contributed by atoms with van der Waals surface area (Å²) in [6.45, 7) is 0. The first-order valence-corrected chi connectivity index (χ1v) is 5.05. The molecule has 0 radical (unpaired) electrons. The normalized spacial score (nSPS) is 10.3. The molecule has 0 atom stereocenters. The smallest absolute Gasteiger partial charge is 0.301 e. The Hall–Kier alpha value is -1.36. The van der Waals surface area contributed by atoms with Crippen LogP contribution < -0.4 is 4.74 Å². The van der Waals surface area contributed by atoms with Crippen LogP contribution in [0.15, 0.2) is 35.1 Å². The van der Waals surface area contributed by atoms with Crippen molar-refractivity contribution in [1.29, 1.82) is 0 Å². The molecule has 1 aromatic heterocycles. The van der Waals surface area contributed by atoms with Gasteiger partial charge in [0.25, 0.3) is 0 Å². The second-order valence-corrected chi connectivity index (χ2v) is 3.71. The Kier molecular flexibility index (Phi) is 2.73. The van der Waals surface area contributed by atoms with Crippen LogP contribution >= 0.6 is 15.9 Å². The topological polar surface area (TPSA) is 27.1 Å². The first-order chi connectivity index (χ1) is 7.20. The molecule has 0 N–H and O–H groups in total. The van der Waals surface area contributed by atoms with E-state index < -0.39 is 0 Å². The van der Waals surface area contributed by atoms with Gasteiger partial charge >= 0.3 is 6.01 Å². The number of hydrogen-bond acceptors (Lipinski definition) is 2. The zero-order valence-electron chi connectivity index (χ0n) is 7.95. The SMILES string of the molecule is COc1nc(Br)cn1-c1cccc(F)c1. The monoisotopic (exact) mass is 270 g/mol. The van der Waals surface area contributed by atoms with Crippen LogP contribution in [0.4, 0.5) is 4.39 Å². The maximum absolute atomic E-state index is 13.0. The molecule has 0 aliphatic rings. The summed E-state index contributed by atoms with van der Waals surface area (Å²) < 4.78 is 20.4. The highest BCUT2D eigenvalue weighted by molar-refractivity contribution is 9.10. The van der Waals surface area contributed by atoms with Crippen LogP contribution in [0.3, 0.4) is 0 Å². The second kappa shape index (κ2) is 4.02. The number of nitrogens with zero attached hydrogens (tertiary/aromatic N) is 2. The largest absolute Gasteiger partial charge is 0.468 e. The lowest BCUT2D eigenvalue weighted by atomic mass is 10.3. The Balaban J connectivity index is 2.53. The maximum atomic E-state index is 13.0. The van der Waals surface area contributed by atoms with Crippen LogP contribution in [-0.4, -0.2) is 16.7 Å². The van der Waals surface area contributed by atoms with Crippen molar-refractivity contribution >= 4 is 15.9 Å². The summed E-state index contributed by atoms with van der Waals surface area (Å²) in [5.41, 5.74) is 0.671. The van der Waals surface area contributed by atoms with Gasteiger partial charge in [-0.3, -0.25) is 4.57 Å². The van der Waals surface area contributed by atoms with E-state index in [-0.39, 0.29) is 5.82 Å². The molecule has 78 valence electrons. The standard InChI is InChI=1S/C10H8BrFN2O/c1-15-10-13-9(11)6-14(10)8-4-2-3-7(12)5-8/h2-6H,1H3. The second-order valence-electron chi connectivity index (χ2n) is 2.90. The Labute approximate surface area is 94.6 Å². The number of imidazole rings is 1. The fourth-order valence-electron chi connectivity index (χ4n) is 1.29. The summed E-state index contributed by atoms with van der Waals surface area (Å²) in [6.07, 6.45) is 1.72. The van der Waals surface area contributed by atoms with Crippen molar-refractivity contribution in [3.8, 4) is 11.7 Å². The molecule has 2 rings (SSSR count). The molecule has 3 nitrogen and oxygen atoms in total. The van der Waals surface area contributed by atoms with Gasteiger partial charge in [0.2, 0.25) is 0 Å². The lowest BCUT2D eigenvalue weighted by molar-refractivity contribution is 0.373. The highest BCUT2D eigenvalue weighted by Gasteiger charge is 2.08. The molecule has 0 spiro atoms. The third-order valence-electron chi connectivity index (χ3n) is 1.91. The average Bonchev–Trinajstić information content (AvgIpc) is 2.59. The molecule has 0 amide bonds. The molecule has 0 unspecified atom stereocenters. The minimum absolute atomic E-state index is 0.292. The van der Waals surface area contributed by atoms with E-state index in [0.29, 0.717) is 16.3 Å². The number of ether oxygens (including phenoxy) is 1. The van der Waals surface area contributed by atoms with E-state index in [1.165, 1.54) is 19.2 Å². The predicted octanol–water partition coefficient (Wildman–Crippen LogP) is 2.78. The van der Waals surface area contributed by atoms with E-state index >= 15 is 0 Å². The zero-order valence-corrected chi connectivity index (χ0v) is 9.53. The molecule has 0 aliphatic carbocycles. The molecule has 1 heterocycles. The quantitative estimate of drug-likeness (QED) is 0.839. The van der Waals surface area contributed by atoms with Crippen molar-refractivity contribution in [3.63, 3.8) is 0 Å². The van der Waals surface area contributed by atoms with E-state index in [0.717, 1.165) is 0 Å². The third-order valence-corrected chi connectivity index (χ3v) is 2.30. The van der Waals surface area contributed by atoms with Crippen LogP contribution in [0.25, 0.3) is 5.69 Å². The molecule has 0 aliphatic heterocycles. The lowest BCUT2D eigenvalue weighted by Gasteiger charge is -2.05. The lowest BCUT2D eigenvalue weighted by Crippen LogP contribution is -1.97. The van der Waals surface area contributed by atoms with Gasteiger partial charge in [-0.1, -0.05) is 6.07 Å². The molecular formula is C10H8BrFN2O. The molecule has 0 saturated carbocycles. The van der Waals surface area contributed by atoms with Crippen molar-refractivity contribution in [3.05, 3.63) is 40.9 Å². The minimum atomic E-state index is -0.292. The molecule has 1 aromatic carbocycles. The minimum Gasteiger partial charge on any atom is -0.468 e. The van der Waals surface area contributed by atoms with Crippen LogP contribution in [0.2, 0.25) is 0 Å². The summed E-state index contributed by atoms with van der Waals surface area (Å²) in [5, 5.41) is 0. The van der Waals surface area contributed by atoms with Crippen molar-refractivity contribution in [2.75, 3.05) is 7.11 Å². The summed E-state index contributed by atoms with van der Waals surface area (Å²) in [7, 11) is 1.52. The Morgan fingerprint density at radius 3 is 2.93 bits per heavy atom. The van der Waals surface area contributed by atoms with Crippen molar-refractivity contribution in [2.24, 2.45) is 0 Å². The van der Waals surface area contributed by atoms with Crippen molar-refractivity contribution in [1.82, 2.24) is 9.55 Å². The molecule has 0 fully saturated rings. The Morgan fingerprint density at radius 1 is 1.47 bits per heavy atom. The molecular weight excluding hydrogens is 263 g/mol. The number of halogens is 2. The number of aromatic nitrogens is 2. The van der Waals surface area contributed by atoms with Crippen LogP contribution in [0, 0.1) is 5.82 Å². The Bertz CT molecular complexity index is 484. The first-order valence-electron chi connectivity index (χ1n) is 4.25. The van der Waals surface area contributed by atoms with Crippen LogP contribution in [-0.2, 0) is 0 Å². The molecule has 0 bridgehead atoms. The average molecular weight is 271 g/mol. The Morgan fingerprint density at radius 2 is 2.27 bits per heavy atom. The van der Waals surface area contributed by atoms with Crippen LogP contribution in [0.5, 0.6) is 6.01 Å². The molecule has 15 heavy (non-hydrogen) atoms. The maximum Gasteiger partial charge on any atom is 0.301 e. The van der Waals surface area contributed by atoms with Gasteiger partial charge in [-0.2, -0.15) is 4.98 Å². The molecule has 0 saturated heterocycles. The highest BCUT2D eigenvalue weighted by atomic mass is 79.9. The number of rotatable bonds is 2. The van der Waals surface area contributed by atoms with E-state index in [2.05, 4.69) is 20.9 Å². The van der Waals surface area contributed by atoms with Gasteiger partial charge in [0.15, 0.2) is 0 Å². The van der Waals surface area contributed by atoms with E-state index in [9.17, 15) is 4.39 Å². The van der Waals surface area contributed by atoms with Crippen LogP contribution in [0.1, 0.15) is 0 Å². The highest BCUT2D eigenvalue weighted by Crippen LogP contribution is 2.21. The number of hydrogen-bond donors (Lipinski definition) is 0. The summed E-state index contributed by atoms with van der Waals surface area (Å²) in [5.74, 6) is -0.292. The summed E-state index contributed by atoms with van der Waals surface area (Å²) >= 11 is 3.23. The zero-order chi connectivity index (χ0) is 10.8. The van der Waals surface area contributed by atoms with E-state index in [4.69, 9.17) is 4.74 Å². The van der Waals surface area contributed by atoms with Gasteiger partial charge in [0, 0.05) is 6.20 Å². The van der Waals surface area contributed by atoms with Gasteiger partial charge in [0.05, 0.1) is 12.8 Å². The summed E-state index contributed by atoms with van der Waals surface area (Å²) in [4.78, 5) is 4.07. The fraction of sp³-hybridized carbons (Fsp3) is 0.100. The van der Waals surface area contributed by atoms with Gasteiger partial charge in [-0.05, 0) is 34.1 Å². The van der Waals surface area contributed by atoms with Crippen molar-refractivity contribution in [2.45, 2.75) is 0 Å². The third kappa shape index (κ3) is 2.02. The van der Waals surface area contributed by atoms with Gasteiger partial charge in [-0.25, -0.2) is 4.39 Å². The fourth-order valence-corrected chi connectivity index (χ4v) is 1.65.